The molecule has 0 aliphatic carbocycles. The Morgan fingerprint density at radius 3 is 2.12 bits per heavy atom. The van der Waals surface area contributed by atoms with E-state index in [1.165, 1.54) is 0 Å². The molecule has 3 heteroatoms. The van der Waals surface area contributed by atoms with Crippen LogP contribution in [0.3, 0.4) is 0 Å². The molecule has 4 N–H and O–H groups in total. The van der Waals surface area contributed by atoms with E-state index in [1.807, 2.05) is 48.5 Å². The molecule has 17 heavy (non-hydrogen) atoms. The summed E-state index contributed by atoms with van der Waals surface area (Å²) in [6.07, 6.45) is 0.716. The predicted molar refractivity (Wildman–Crippen MR) is 70.9 cm³/mol. The fourth-order valence-corrected chi connectivity index (χ4v) is 1.70. The third-order valence-corrected chi connectivity index (χ3v) is 2.61. The molecule has 0 aliphatic heterocycles. The molecule has 88 valence electrons. The average Bonchev–Trinajstić information content (AvgIpc) is 2.34. The Kier molecular flexibility index (Phi) is 3.50. The van der Waals surface area contributed by atoms with Gasteiger partial charge in [0.2, 0.25) is 0 Å². The van der Waals surface area contributed by atoms with Crippen molar-refractivity contribution < 1.29 is 4.74 Å². The molecule has 0 amide bonds. The Morgan fingerprint density at radius 2 is 1.47 bits per heavy atom. The van der Waals surface area contributed by atoms with Crippen molar-refractivity contribution in [3.05, 3.63) is 54.1 Å². The lowest BCUT2D eigenvalue weighted by molar-refractivity contribution is 0.322. The first-order valence-corrected chi connectivity index (χ1v) is 5.58. The molecule has 0 aliphatic rings. The van der Waals surface area contributed by atoms with Crippen LogP contribution >= 0.6 is 0 Å². The summed E-state index contributed by atoms with van der Waals surface area (Å²) in [7, 11) is 0. The lowest BCUT2D eigenvalue weighted by Crippen LogP contribution is -2.06. The zero-order chi connectivity index (χ0) is 12.1. The summed E-state index contributed by atoms with van der Waals surface area (Å²) in [4.78, 5) is 0. The van der Waals surface area contributed by atoms with Crippen molar-refractivity contribution in [2.24, 2.45) is 0 Å². The van der Waals surface area contributed by atoms with Gasteiger partial charge in [0, 0.05) is 23.4 Å². The van der Waals surface area contributed by atoms with Gasteiger partial charge >= 0.3 is 0 Å². The number of ether oxygens (including phenoxy) is 1. The predicted octanol–water partition coefficient (Wildman–Crippen LogP) is 2.47. The second-order valence-electron chi connectivity index (χ2n) is 3.83. The topological polar surface area (TPSA) is 61.3 Å². The van der Waals surface area contributed by atoms with Gasteiger partial charge in [0.1, 0.15) is 5.75 Å². The number of nitrogen functional groups attached to an aromatic ring is 2. The van der Waals surface area contributed by atoms with E-state index in [9.17, 15) is 0 Å². The summed E-state index contributed by atoms with van der Waals surface area (Å²) in [5.74, 6) is 0.862. The van der Waals surface area contributed by atoms with E-state index < -0.39 is 0 Å². The minimum absolute atomic E-state index is 0.572. The zero-order valence-corrected chi connectivity index (χ0v) is 9.60. The van der Waals surface area contributed by atoms with Gasteiger partial charge in [0.25, 0.3) is 0 Å². The summed E-state index contributed by atoms with van der Waals surface area (Å²) < 4.78 is 5.61. The third-order valence-electron chi connectivity index (χ3n) is 2.61. The highest BCUT2D eigenvalue weighted by Gasteiger charge is 2.03. The lowest BCUT2D eigenvalue weighted by atomic mass is 10.1. The van der Waals surface area contributed by atoms with E-state index in [4.69, 9.17) is 16.2 Å². The number of anilines is 2. The molecular formula is C14H16N2O. The van der Waals surface area contributed by atoms with Crippen molar-refractivity contribution in [3.8, 4) is 5.75 Å². The highest BCUT2D eigenvalue weighted by Crippen LogP contribution is 2.20. The molecule has 0 fully saturated rings. The maximum atomic E-state index is 5.87. The Bertz CT molecular complexity index is 463. The first-order valence-electron chi connectivity index (χ1n) is 5.58. The number of para-hydroxylation sites is 1. The molecular weight excluding hydrogens is 212 g/mol. The van der Waals surface area contributed by atoms with E-state index in [2.05, 4.69) is 0 Å². The maximum Gasteiger partial charge on any atom is 0.119 e. The maximum absolute atomic E-state index is 5.87. The van der Waals surface area contributed by atoms with Gasteiger partial charge in [-0.3, -0.25) is 0 Å². The molecule has 3 nitrogen and oxygen atoms in total. The van der Waals surface area contributed by atoms with Crippen LogP contribution in [-0.2, 0) is 6.42 Å². The molecule has 0 radical (unpaired) electrons. The summed E-state index contributed by atoms with van der Waals surface area (Å²) in [5, 5.41) is 0. The molecule has 2 rings (SSSR count). The standard InChI is InChI=1S/C14H16N2O/c15-13-7-4-8-14(16)12(13)9-10-17-11-5-2-1-3-6-11/h1-8H,9-10,15-16H2. The van der Waals surface area contributed by atoms with E-state index in [0.29, 0.717) is 13.0 Å². The Labute approximate surface area is 101 Å². The smallest absolute Gasteiger partial charge is 0.119 e. The Hall–Kier alpha value is -2.16. The minimum atomic E-state index is 0.572. The highest BCUT2D eigenvalue weighted by molar-refractivity contribution is 5.61. The molecule has 0 aromatic heterocycles. The summed E-state index contributed by atoms with van der Waals surface area (Å²) in [6.45, 7) is 0.572. The number of hydrogen-bond donors (Lipinski definition) is 2. The van der Waals surface area contributed by atoms with Gasteiger partial charge in [-0.05, 0) is 24.3 Å². The van der Waals surface area contributed by atoms with Crippen LogP contribution in [-0.4, -0.2) is 6.61 Å². The first-order chi connectivity index (χ1) is 8.27. The van der Waals surface area contributed by atoms with Gasteiger partial charge in [0.05, 0.1) is 6.61 Å². The quantitative estimate of drug-likeness (QED) is 0.790. The van der Waals surface area contributed by atoms with Crippen molar-refractivity contribution in [1.29, 1.82) is 0 Å². The van der Waals surface area contributed by atoms with Gasteiger partial charge in [-0.25, -0.2) is 0 Å². The van der Waals surface area contributed by atoms with Gasteiger partial charge in [-0.2, -0.15) is 0 Å². The molecule has 0 saturated heterocycles. The van der Waals surface area contributed by atoms with Crippen LogP contribution < -0.4 is 16.2 Å². The van der Waals surface area contributed by atoms with Crippen LogP contribution in [0.15, 0.2) is 48.5 Å². The SMILES string of the molecule is Nc1cccc(N)c1CCOc1ccccc1. The summed E-state index contributed by atoms with van der Waals surface area (Å²) in [5.41, 5.74) is 14.1. The molecule has 0 heterocycles. The summed E-state index contributed by atoms with van der Waals surface area (Å²) >= 11 is 0. The van der Waals surface area contributed by atoms with Crippen molar-refractivity contribution in [2.45, 2.75) is 6.42 Å². The minimum Gasteiger partial charge on any atom is -0.493 e. The largest absolute Gasteiger partial charge is 0.493 e. The number of rotatable bonds is 4. The van der Waals surface area contributed by atoms with Crippen molar-refractivity contribution in [1.82, 2.24) is 0 Å². The number of nitrogens with two attached hydrogens (primary N) is 2. The van der Waals surface area contributed by atoms with Gasteiger partial charge in [-0.1, -0.05) is 24.3 Å². The van der Waals surface area contributed by atoms with E-state index in [1.54, 1.807) is 0 Å². The Balaban J connectivity index is 1.95. The second-order valence-corrected chi connectivity index (χ2v) is 3.83. The van der Waals surface area contributed by atoms with Crippen LogP contribution in [0.5, 0.6) is 5.75 Å². The fraction of sp³-hybridized carbons (Fsp3) is 0.143. The first kappa shape index (κ1) is 11.3. The molecule has 2 aromatic carbocycles. The van der Waals surface area contributed by atoms with Crippen molar-refractivity contribution >= 4 is 11.4 Å². The molecule has 2 aromatic rings. The fourth-order valence-electron chi connectivity index (χ4n) is 1.70. The molecule has 0 atom stereocenters. The summed E-state index contributed by atoms with van der Waals surface area (Å²) in [6, 6.07) is 15.3. The molecule has 0 bridgehead atoms. The van der Waals surface area contributed by atoms with E-state index in [-0.39, 0.29) is 0 Å². The number of benzene rings is 2. The van der Waals surface area contributed by atoms with Crippen LogP contribution in [0.25, 0.3) is 0 Å². The van der Waals surface area contributed by atoms with Crippen LogP contribution in [0.2, 0.25) is 0 Å². The van der Waals surface area contributed by atoms with E-state index >= 15 is 0 Å². The van der Waals surface area contributed by atoms with Gasteiger partial charge in [-0.15, -0.1) is 0 Å². The lowest BCUT2D eigenvalue weighted by Gasteiger charge is -2.10. The van der Waals surface area contributed by atoms with Crippen LogP contribution in [0, 0.1) is 0 Å². The molecule has 0 saturated carbocycles. The zero-order valence-electron chi connectivity index (χ0n) is 9.60. The molecule has 0 unspecified atom stereocenters. The molecule has 0 spiro atoms. The highest BCUT2D eigenvalue weighted by atomic mass is 16.5. The van der Waals surface area contributed by atoms with Crippen LogP contribution in [0.1, 0.15) is 5.56 Å². The van der Waals surface area contributed by atoms with E-state index in [0.717, 1.165) is 22.7 Å². The monoisotopic (exact) mass is 228 g/mol. The average molecular weight is 228 g/mol. The third kappa shape index (κ3) is 2.91. The van der Waals surface area contributed by atoms with Gasteiger partial charge < -0.3 is 16.2 Å². The van der Waals surface area contributed by atoms with Gasteiger partial charge in [0.15, 0.2) is 0 Å². The number of hydrogen-bond acceptors (Lipinski definition) is 3. The Morgan fingerprint density at radius 1 is 0.824 bits per heavy atom. The van der Waals surface area contributed by atoms with Crippen LogP contribution in [0.4, 0.5) is 11.4 Å². The normalized spacial score (nSPS) is 10.1. The van der Waals surface area contributed by atoms with Crippen molar-refractivity contribution in [3.63, 3.8) is 0 Å². The second kappa shape index (κ2) is 5.25. The van der Waals surface area contributed by atoms with Crippen molar-refractivity contribution in [2.75, 3.05) is 18.1 Å².